The number of hydrogen-bond donors (Lipinski definition) is 2. The number of hydrogen-bond acceptors (Lipinski definition) is 2. The fraction of sp³-hybridized carbons (Fsp3) is 0. The Bertz CT molecular complexity index is 823. The summed E-state index contributed by atoms with van der Waals surface area (Å²) in [5.74, 6) is 0.138. The lowest BCUT2D eigenvalue weighted by Crippen LogP contribution is -2.16. The van der Waals surface area contributed by atoms with Gasteiger partial charge in [0.25, 0.3) is 11.5 Å². The zero-order valence-electron chi connectivity index (χ0n) is 10.6. The van der Waals surface area contributed by atoms with Crippen LogP contribution in [0.2, 0.25) is 0 Å². The van der Waals surface area contributed by atoms with E-state index in [2.05, 4.69) is 10.3 Å². The first kappa shape index (κ1) is 12.2. The van der Waals surface area contributed by atoms with Crippen molar-refractivity contribution in [2.45, 2.75) is 0 Å². The van der Waals surface area contributed by atoms with Crippen molar-refractivity contribution in [2.24, 2.45) is 0 Å². The van der Waals surface area contributed by atoms with Crippen molar-refractivity contribution in [1.29, 1.82) is 0 Å². The molecular weight excluding hydrogens is 252 g/mol. The quantitative estimate of drug-likeness (QED) is 0.747. The van der Waals surface area contributed by atoms with E-state index in [0.717, 1.165) is 5.39 Å². The van der Waals surface area contributed by atoms with Crippen LogP contribution in [0.25, 0.3) is 10.8 Å². The minimum atomic E-state index is -0.253. The molecule has 2 aromatic carbocycles. The van der Waals surface area contributed by atoms with E-state index in [-0.39, 0.29) is 11.5 Å². The maximum atomic E-state index is 12.0. The number of fused-ring (bicyclic) bond motifs is 1. The van der Waals surface area contributed by atoms with Gasteiger partial charge in [-0.25, -0.2) is 0 Å². The van der Waals surface area contributed by atoms with E-state index in [9.17, 15) is 9.59 Å². The lowest BCUT2D eigenvalue weighted by molar-refractivity contribution is 0.102. The molecule has 20 heavy (non-hydrogen) atoms. The smallest absolute Gasteiger partial charge is 0.257 e. The summed E-state index contributed by atoms with van der Waals surface area (Å²) in [6.45, 7) is 0. The average molecular weight is 264 g/mol. The molecule has 0 spiro atoms. The highest BCUT2D eigenvalue weighted by Crippen LogP contribution is 2.13. The molecule has 0 aliphatic heterocycles. The Balaban J connectivity index is 1.96. The number of nitrogens with one attached hydrogen (secondary N) is 2. The van der Waals surface area contributed by atoms with Crippen LogP contribution in [0.5, 0.6) is 0 Å². The van der Waals surface area contributed by atoms with Crippen molar-refractivity contribution in [2.75, 3.05) is 5.32 Å². The van der Waals surface area contributed by atoms with Crippen LogP contribution in [-0.2, 0) is 0 Å². The SMILES string of the molecule is O=C(Nc1cc2ccccc2c(=O)[nH]1)c1ccccc1. The molecule has 0 atom stereocenters. The summed E-state index contributed by atoms with van der Waals surface area (Å²) in [7, 11) is 0. The van der Waals surface area contributed by atoms with Crippen molar-refractivity contribution < 1.29 is 4.79 Å². The molecule has 0 radical (unpaired) electrons. The molecule has 0 fully saturated rings. The van der Waals surface area contributed by atoms with Gasteiger partial charge in [-0.2, -0.15) is 0 Å². The van der Waals surface area contributed by atoms with E-state index < -0.39 is 0 Å². The van der Waals surface area contributed by atoms with Gasteiger partial charge in [0.2, 0.25) is 0 Å². The van der Waals surface area contributed by atoms with Crippen LogP contribution in [-0.4, -0.2) is 10.9 Å². The molecule has 0 saturated carbocycles. The van der Waals surface area contributed by atoms with Crippen LogP contribution in [0.15, 0.2) is 65.5 Å². The second-order valence-electron chi connectivity index (χ2n) is 4.42. The molecule has 0 bridgehead atoms. The maximum Gasteiger partial charge on any atom is 0.257 e. The lowest BCUT2D eigenvalue weighted by atomic mass is 10.1. The molecule has 0 aliphatic carbocycles. The highest BCUT2D eigenvalue weighted by molar-refractivity contribution is 6.04. The standard InChI is InChI=1S/C16H12N2O2/c19-15(11-6-2-1-3-7-11)17-14-10-12-8-4-5-9-13(12)16(20)18-14/h1-10H,(H2,17,18,19,20). The first-order valence-electron chi connectivity index (χ1n) is 6.22. The first-order valence-corrected chi connectivity index (χ1v) is 6.22. The molecular formula is C16H12N2O2. The monoisotopic (exact) mass is 264 g/mol. The Morgan fingerprint density at radius 1 is 0.950 bits per heavy atom. The molecule has 98 valence electrons. The number of carbonyl (C=O) groups is 1. The highest BCUT2D eigenvalue weighted by Gasteiger charge is 2.07. The van der Waals surface area contributed by atoms with E-state index in [4.69, 9.17) is 0 Å². The van der Waals surface area contributed by atoms with Gasteiger partial charge in [0, 0.05) is 10.9 Å². The van der Waals surface area contributed by atoms with E-state index in [1.807, 2.05) is 18.2 Å². The molecule has 4 nitrogen and oxygen atoms in total. The number of aromatic nitrogens is 1. The topological polar surface area (TPSA) is 62.0 Å². The van der Waals surface area contributed by atoms with Gasteiger partial charge in [-0.1, -0.05) is 36.4 Å². The van der Waals surface area contributed by atoms with Crippen LogP contribution < -0.4 is 10.9 Å². The number of carbonyl (C=O) groups excluding carboxylic acids is 1. The third-order valence-electron chi connectivity index (χ3n) is 3.04. The van der Waals surface area contributed by atoms with Crippen LogP contribution in [0.1, 0.15) is 10.4 Å². The van der Waals surface area contributed by atoms with Crippen molar-refractivity contribution >= 4 is 22.5 Å². The molecule has 2 N–H and O–H groups in total. The van der Waals surface area contributed by atoms with Gasteiger partial charge in [-0.15, -0.1) is 0 Å². The number of H-pyrrole nitrogens is 1. The van der Waals surface area contributed by atoms with E-state index in [1.54, 1.807) is 42.5 Å². The van der Waals surface area contributed by atoms with Gasteiger partial charge < -0.3 is 10.3 Å². The van der Waals surface area contributed by atoms with Gasteiger partial charge in [0.15, 0.2) is 0 Å². The normalized spacial score (nSPS) is 10.4. The lowest BCUT2D eigenvalue weighted by Gasteiger charge is -2.06. The van der Waals surface area contributed by atoms with Gasteiger partial charge >= 0.3 is 0 Å². The Morgan fingerprint density at radius 2 is 1.65 bits per heavy atom. The molecule has 1 heterocycles. The third kappa shape index (κ3) is 2.31. The van der Waals surface area contributed by atoms with Crippen molar-refractivity contribution in [3.8, 4) is 0 Å². The Morgan fingerprint density at radius 3 is 2.45 bits per heavy atom. The van der Waals surface area contributed by atoms with E-state index >= 15 is 0 Å². The summed E-state index contributed by atoms with van der Waals surface area (Å²) in [5, 5.41) is 4.09. The second-order valence-corrected chi connectivity index (χ2v) is 4.42. The summed E-state index contributed by atoms with van der Waals surface area (Å²) in [6.07, 6.45) is 0. The molecule has 0 unspecified atom stereocenters. The number of anilines is 1. The summed E-state index contributed by atoms with van der Waals surface area (Å²) in [5.41, 5.74) is 0.327. The molecule has 1 amide bonds. The van der Waals surface area contributed by atoms with E-state index in [0.29, 0.717) is 16.8 Å². The molecule has 0 aliphatic rings. The molecule has 4 heteroatoms. The van der Waals surface area contributed by atoms with Crippen LogP contribution in [0, 0.1) is 0 Å². The van der Waals surface area contributed by atoms with Gasteiger partial charge in [0.05, 0.1) is 0 Å². The predicted octanol–water partition coefficient (Wildman–Crippen LogP) is 2.78. The number of rotatable bonds is 2. The van der Waals surface area contributed by atoms with Gasteiger partial charge in [-0.3, -0.25) is 9.59 Å². The van der Waals surface area contributed by atoms with Crippen LogP contribution >= 0.6 is 0 Å². The van der Waals surface area contributed by atoms with E-state index in [1.165, 1.54) is 0 Å². The number of amides is 1. The van der Waals surface area contributed by atoms with Gasteiger partial charge in [-0.05, 0) is 29.7 Å². The highest BCUT2D eigenvalue weighted by atomic mass is 16.2. The summed E-state index contributed by atoms with van der Waals surface area (Å²) in [4.78, 5) is 26.6. The number of aromatic amines is 1. The fourth-order valence-corrected chi connectivity index (χ4v) is 2.06. The van der Waals surface area contributed by atoms with Crippen LogP contribution in [0.4, 0.5) is 5.82 Å². The predicted molar refractivity (Wildman–Crippen MR) is 79.0 cm³/mol. The molecule has 1 aromatic heterocycles. The summed E-state index contributed by atoms with van der Waals surface area (Å²) in [6, 6.07) is 17.8. The number of benzene rings is 2. The zero-order valence-corrected chi connectivity index (χ0v) is 10.6. The molecule has 0 saturated heterocycles. The van der Waals surface area contributed by atoms with Crippen molar-refractivity contribution in [3.63, 3.8) is 0 Å². The van der Waals surface area contributed by atoms with Gasteiger partial charge in [0.1, 0.15) is 5.82 Å². The Hall–Kier alpha value is -2.88. The van der Waals surface area contributed by atoms with Crippen LogP contribution in [0.3, 0.4) is 0 Å². The largest absolute Gasteiger partial charge is 0.308 e. The average Bonchev–Trinajstić information content (AvgIpc) is 2.48. The Kier molecular flexibility index (Phi) is 3.05. The minimum absolute atomic E-state index is 0.216. The second kappa shape index (κ2) is 5.01. The molecule has 3 rings (SSSR count). The summed E-state index contributed by atoms with van der Waals surface area (Å²) >= 11 is 0. The summed E-state index contributed by atoms with van der Waals surface area (Å²) < 4.78 is 0. The fourth-order valence-electron chi connectivity index (χ4n) is 2.06. The van der Waals surface area contributed by atoms with Crippen molar-refractivity contribution in [3.05, 3.63) is 76.6 Å². The maximum absolute atomic E-state index is 12.0. The minimum Gasteiger partial charge on any atom is -0.308 e. The zero-order chi connectivity index (χ0) is 13.9. The number of pyridine rings is 1. The van der Waals surface area contributed by atoms with Crippen molar-refractivity contribution in [1.82, 2.24) is 4.98 Å². The Labute approximate surface area is 115 Å². The first-order chi connectivity index (χ1) is 9.74. The third-order valence-corrected chi connectivity index (χ3v) is 3.04. The molecule has 3 aromatic rings.